The topological polar surface area (TPSA) is 54.5 Å². The molecule has 0 saturated carbocycles. The first kappa shape index (κ1) is 18.2. The van der Waals surface area contributed by atoms with E-state index in [4.69, 9.17) is 0 Å². The molecule has 1 aliphatic rings. The Balaban J connectivity index is 2.58. The number of hydrogen-bond acceptors (Lipinski definition) is 3. The van der Waals surface area contributed by atoms with Gasteiger partial charge in [-0.1, -0.05) is 0 Å². The Kier molecular flexibility index (Phi) is 4.33. The lowest BCUT2D eigenvalue weighted by Crippen LogP contribution is -2.40. The molecule has 1 aromatic rings. The molecule has 24 heavy (non-hydrogen) atoms. The normalized spacial score (nSPS) is 20.5. The van der Waals surface area contributed by atoms with Crippen molar-refractivity contribution in [2.24, 2.45) is 5.92 Å². The Morgan fingerprint density at radius 2 is 1.75 bits per heavy atom. The van der Waals surface area contributed by atoms with Gasteiger partial charge < -0.3 is 4.90 Å². The molecule has 0 N–H and O–H groups in total. The highest BCUT2D eigenvalue weighted by Gasteiger charge is 2.49. The second kappa shape index (κ2) is 5.72. The predicted octanol–water partition coefficient (Wildman–Crippen LogP) is 3.12. The number of hydrogen-bond donors (Lipinski definition) is 0. The highest BCUT2D eigenvalue weighted by Crippen LogP contribution is 2.46. The molecule has 1 atom stereocenters. The Morgan fingerprint density at radius 3 is 2.21 bits per heavy atom. The van der Waals surface area contributed by atoms with Crippen LogP contribution in [0.4, 0.5) is 18.9 Å². The van der Waals surface area contributed by atoms with Gasteiger partial charge in [0, 0.05) is 12.7 Å². The fourth-order valence-electron chi connectivity index (χ4n) is 3.22. The van der Waals surface area contributed by atoms with Crippen LogP contribution in [0, 0.1) is 5.92 Å². The SMILES string of the molecule is CC(=O)C(CC1(C)C(=O)N(C)c2ccc(C(F)(F)F)cc21)C(C)=O. The number of alkyl halides is 3. The average Bonchev–Trinajstić information content (AvgIpc) is 2.65. The molecule has 1 unspecified atom stereocenters. The van der Waals surface area contributed by atoms with E-state index in [-0.39, 0.29) is 12.0 Å². The average molecular weight is 341 g/mol. The highest BCUT2D eigenvalue weighted by molar-refractivity contribution is 6.09. The molecular formula is C17H18F3NO3. The number of carbonyl (C=O) groups excluding carboxylic acids is 3. The van der Waals surface area contributed by atoms with E-state index < -0.39 is 40.5 Å². The lowest BCUT2D eigenvalue weighted by Gasteiger charge is -2.26. The Labute approximate surface area is 137 Å². The van der Waals surface area contributed by atoms with Crippen molar-refractivity contribution >= 4 is 23.2 Å². The third kappa shape index (κ3) is 2.83. The lowest BCUT2D eigenvalue weighted by atomic mass is 9.74. The van der Waals surface area contributed by atoms with Gasteiger partial charge in [-0.25, -0.2) is 0 Å². The minimum atomic E-state index is -4.54. The van der Waals surface area contributed by atoms with Gasteiger partial charge in [0.25, 0.3) is 0 Å². The second-order valence-electron chi connectivity index (χ2n) is 6.40. The maximum Gasteiger partial charge on any atom is 0.416 e. The zero-order valence-electron chi connectivity index (χ0n) is 13.8. The van der Waals surface area contributed by atoms with E-state index in [0.717, 1.165) is 12.1 Å². The molecule has 0 fully saturated rings. The monoisotopic (exact) mass is 341 g/mol. The first-order chi connectivity index (χ1) is 10.9. The molecular weight excluding hydrogens is 323 g/mol. The molecule has 4 nitrogen and oxygen atoms in total. The van der Waals surface area contributed by atoms with Crippen LogP contribution in [0.1, 0.15) is 38.3 Å². The van der Waals surface area contributed by atoms with E-state index >= 15 is 0 Å². The quantitative estimate of drug-likeness (QED) is 0.791. The number of benzene rings is 1. The fraction of sp³-hybridized carbons (Fsp3) is 0.471. The van der Waals surface area contributed by atoms with Gasteiger partial charge in [-0.2, -0.15) is 13.2 Å². The van der Waals surface area contributed by atoms with Crippen LogP contribution in [0.3, 0.4) is 0 Å². The highest BCUT2D eigenvalue weighted by atomic mass is 19.4. The van der Waals surface area contributed by atoms with Crippen LogP contribution in [-0.4, -0.2) is 24.5 Å². The number of ketones is 2. The van der Waals surface area contributed by atoms with Crippen LogP contribution in [0.15, 0.2) is 18.2 Å². The summed E-state index contributed by atoms with van der Waals surface area (Å²) in [5, 5.41) is 0. The van der Waals surface area contributed by atoms with Crippen molar-refractivity contribution in [3.63, 3.8) is 0 Å². The van der Waals surface area contributed by atoms with Gasteiger partial charge in [-0.3, -0.25) is 14.4 Å². The Morgan fingerprint density at radius 1 is 1.21 bits per heavy atom. The van der Waals surface area contributed by atoms with Crippen molar-refractivity contribution < 1.29 is 27.6 Å². The van der Waals surface area contributed by atoms with Crippen molar-refractivity contribution in [2.45, 2.75) is 38.8 Å². The minimum absolute atomic E-state index is 0.144. The summed E-state index contributed by atoms with van der Waals surface area (Å²) in [6, 6.07) is 3.10. The molecule has 1 heterocycles. The van der Waals surface area contributed by atoms with Crippen molar-refractivity contribution in [1.29, 1.82) is 0 Å². The summed E-state index contributed by atoms with van der Waals surface area (Å²) in [6.45, 7) is 3.97. The number of likely N-dealkylation sites (N-methyl/N-ethyl adjacent to an activating group) is 1. The van der Waals surface area contributed by atoms with Crippen LogP contribution >= 0.6 is 0 Å². The molecule has 0 bridgehead atoms. The molecule has 0 saturated heterocycles. The number of amides is 1. The molecule has 1 amide bonds. The summed E-state index contributed by atoms with van der Waals surface area (Å²) in [7, 11) is 1.47. The second-order valence-corrected chi connectivity index (χ2v) is 6.40. The maximum atomic E-state index is 13.0. The Hall–Kier alpha value is -2.18. The van der Waals surface area contributed by atoms with Gasteiger partial charge in [-0.05, 0) is 51.0 Å². The molecule has 0 aliphatic carbocycles. The number of fused-ring (bicyclic) bond motifs is 1. The number of rotatable bonds is 4. The first-order valence-electron chi connectivity index (χ1n) is 7.40. The summed E-state index contributed by atoms with van der Waals surface area (Å²) >= 11 is 0. The van der Waals surface area contributed by atoms with Crippen molar-refractivity contribution in [1.82, 2.24) is 0 Å². The van der Waals surface area contributed by atoms with Gasteiger partial charge in [0.15, 0.2) is 0 Å². The van der Waals surface area contributed by atoms with E-state index in [1.807, 2.05) is 0 Å². The smallest absolute Gasteiger partial charge is 0.314 e. The third-order valence-corrected chi connectivity index (χ3v) is 4.65. The summed E-state index contributed by atoms with van der Waals surface area (Å²) < 4.78 is 39.0. The number of halogens is 3. The Bertz CT molecular complexity index is 712. The molecule has 0 spiro atoms. The molecule has 130 valence electrons. The number of Topliss-reactive ketones (excluding diaryl/α,β-unsaturated/α-hetero) is 2. The van der Waals surface area contributed by atoms with Gasteiger partial charge >= 0.3 is 6.18 Å². The minimum Gasteiger partial charge on any atom is -0.314 e. The van der Waals surface area contributed by atoms with E-state index in [1.54, 1.807) is 0 Å². The summed E-state index contributed by atoms with van der Waals surface area (Å²) in [5.41, 5.74) is -1.66. The fourth-order valence-corrected chi connectivity index (χ4v) is 3.22. The van der Waals surface area contributed by atoms with E-state index in [0.29, 0.717) is 5.69 Å². The number of nitrogens with zero attached hydrogens (tertiary/aromatic N) is 1. The van der Waals surface area contributed by atoms with Crippen molar-refractivity contribution in [2.75, 3.05) is 11.9 Å². The van der Waals surface area contributed by atoms with Crippen LogP contribution in [0.2, 0.25) is 0 Å². The van der Waals surface area contributed by atoms with Crippen LogP contribution in [-0.2, 0) is 26.0 Å². The third-order valence-electron chi connectivity index (χ3n) is 4.65. The van der Waals surface area contributed by atoms with E-state index in [1.165, 1.54) is 38.8 Å². The van der Waals surface area contributed by atoms with E-state index in [9.17, 15) is 27.6 Å². The van der Waals surface area contributed by atoms with Crippen molar-refractivity contribution in [3.8, 4) is 0 Å². The molecule has 0 radical (unpaired) electrons. The molecule has 0 aromatic heterocycles. The van der Waals surface area contributed by atoms with Gasteiger partial charge in [0.05, 0.1) is 16.9 Å². The van der Waals surface area contributed by atoms with E-state index in [2.05, 4.69) is 0 Å². The lowest BCUT2D eigenvalue weighted by molar-refractivity contribution is -0.138. The summed E-state index contributed by atoms with van der Waals surface area (Å²) in [5.74, 6) is -2.25. The molecule has 1 aromatic carbocycles. The molecule has 7 heteroatoms. The van der Waals surface area contributed by atoms with Gasteiger partial charge in [-0.15, -0.1) is 0 Å². The predicted molar refractivity (Wildman–Crippen MR) is 81.7 cm³/mol. The number of anilines is 1. The van der Waals surface area contributed by atoms with Crippen LogP contribution in [0.25, 0.3) is 0 Å². The first-order valence-corrected chi connectivity index (χ1v) is 7.40. The largest absolute Gasteiger partial charge is 0.416 e. The van der Waals surface area contributed by atoms with Crippen LogP contribution in [0.5, 0.6) is 0 Å². The maximum absolute atomic E-state index is 13.0. The summed E-state index contributed by atoms with van der Waals surface area (Å²) in [6.07, 6.45) is -4.68. The molecule has 1 aliphatic heterocycles. The number of carbonyl (C=O) groups is 3. The van der Waals surface area contributed by atoms with Gasteiger partial charge in [0.2, 0.25) is 5.91 Å². The zero-order chi connectivity index (χ0) is 18.4. The van der Waals surface area contributed by atoms with Crippen molar-refractivity contribution in [3.05, 3.63) is 29.3 Å². The van der Waals surface area contributed by atoms with Crippen LogP contribution < -0.4 is 4.90 Å². The zero-order valence-corrected chi connectivity index (χ0v) is 13.8. The molecule has 2 rings (SSSR count). The summed E-state index contributed by atoms with van der Waals surface area (Å²) in [4.78, 5) is 37.4. The van der Waals surface area contributed by atoms with Gasteiger partial charge in [0.1, 0.15) is 11.6 Å². The standard InChI is InChI=1S/C17H18F3NO3/c1-9(22)12(10(2)23)8-16(3)13-7-11(17(18,19)20)5-6-14(13)21(4)15(16)24/h5-7,12H,8H2,1-4H3.